The number of rotatable bonds is 7. The van der Waals surface area contributed by atoms with Gasteiger partial charge in [0.1, 0.15) is 5.75 Å². The predicted octanol–water partition coefficient (Wildman–Crippen LogP) is 3.48. The van der Waals surface area contributed by atoms with E-state index in [0.717, 1.165) is 18.9 Å². The molecular formula is C20H19ClF3N7O2. The average molecular weight is 482 g/mol. The number of carbonyl (C=O) groups excluding carboxylic acids is 1. The Morgan fingerprint density at radius 3 is 2.55 bits per heavy atom. The Morgan fingerprint density at radius 1 is 1.24 bits per heavy atom. The standard InChI is InChI=1S/C20H19ClF3N7O2/c1-30(2)19-28-16(31(29-19)18-26-8-14(21)9-27-18)10-25-17(32)13-5-12(11-3-4-11)6-15(7-13)33-20(22,23)24/h5-9,11H,3-4,10H2,1-2H3,(H,25,32). The third kappa shape index (κ3) is 5.69. The van der Waals surface area contributed by atoms with Gasteiger partial charge in [-0.3, -0.25) is 4.79 Å². The molecular weight excluding hydrogens is 463 g/mol. The molecule has 13 heteroatoms. The van der Waals surface area contributed by atoms with Crippen LogP contribution in [-0.2, 0) is 6.54 Å². The lowest BCUT2D eigenvalue weighted by molar-refractivity contribution is -0.274. The predicted molar refractivity (Wildman–Crippen MR) is 113 cm³/mol. The number of nitrogens with one attached hydrogen (secondary N) is 1. The fourth-order valence-electron chi connectivity index (χ4n) is 3.07. The van der Waals surface area contributed by atoms with Crippen molar-refractivity contribution >= 4 is 23.5 Å². The molecule has 0 radical (unpaired) electrons. The maximum absolute atomic E-state index is 12.8. The number of ether oxygens (including phenoxy) is 1. The molecule has 3 aromatic rings. The zero-order valence-electron chi connectivity index (χ0n) is 17.6. The van der Waals surface area contributed by atoms with E-state index in [1.54, 1.807) is 25.1 Å². The number of amides is 1. The number of hydrogen-bond acceptors (Lipinski definition) is 7. The lowest BCUT2D eigenvalue weighted by Crippen LogP contribution is -2.25. The lowest BCUT2D eigenvalue weighted by atomic mass is 10.1. The van der Waals surface area contributed by atoms with Crippen LogP contribution >= 0.6 is 11.6 Å². The number of halogens is 4. The molecule has 33 heavy (non-hydrogen) atoms. The number of hydrogen-bond donors (Lipinski definition) is 1. The van der Waals surface area contributed by atoms with Crippen molar-refractivity contribution in [1.82, 2.24) is 30.0 Å². The minimum atomic E-state index is -4.85. The topological polar surface area (TPSA) is 98.1 Å². The van der Waals surface area contributed by atoms with Gasteiger partial charge in [0.15, 0.2) is 5.82 Å². The Balaban J connectivity index is 1.57. The van der Waals surface area contributed by atoms with Crippen molar-refractivity contribution in [2.45, 2.75) is 31.7 Å². The molecule has 1 aliphatic rings. The number of carbonyl (C=O) groups is 1. The maximum atomic E-state index is 12.8. The minimum Gasteiger partial charge on any atom is -0.406 e. The van der Waals surface area contributed by atoms with Gasteiger partial charge in [-0.2, -0.15) is 9.67 Å². The first kappa shape index (κ1) is 22.8. The highest BCUT2D eigenvalue weighted by Crippen LogP contribution is 2.42. The molecule has 1 fully saturated rings. The van der Waals surface area contributed by atoms with Crippen molar-refractivity contribution in [3.63, 3.8) is 0 Å². The van der Waals surface area contributed by atoms with Crippen molar-refractivity contribution < 1.29 is 22.7 Å². The summed E-state index contributed by atoms with van der Waals surface area (Å²) in [6.07, 6.45) is -0.348. The highest BCUT2D eigenvalue weighted by molar-refractivity contribution is 6.30. The van der Waals surface area contributed by atoms with E-state index in [-0.39, 0.29) is 24.0 Å². The Hall–Kier alpha value is -3.41. The van der Waals surface area contributed by atoms with Crippen LogP contribution in [0.2, 0.25) is 5.02 Å². The SMILES string of the molecule is CN(C)c1nc(CNC(=O)c2cc(OC(F)(F)F)cc(C3CC3)c2)n(-c2ncc(Cl)cn2)n1. The number of alkyl halides is 3. The van der Waals surface area contributed by atoms with E-state index in [9.17, 15) is 18.0 Å². The molecule has 0 bridgehead atoms. The van der Waals surface area contributed by atoms with E-state index in [2.05, 4.69) is 30.1 Å². The summed E-state index contributed by atoms with van der Waals surface area (Å²) in [5.41, 5.74) is 0.690. The van der Waals surface area contributed by atoms with Crippen LogP contribution in [0.15, 0.2) is 30.6 Å². The van der Waals surface area contributed by atoms with E-state index in [4.69, 9.17) is 11.6 Å². The van der Waals surface area contributed by atoms with Gasteiger partial charge in [0.2, 0.25) is 5.95 Å². The van der Waals surface area contributed by atoms with Crippen LogP contribution in [0.3, 0.4) is 0 Å². The van der Waals surface area contributed by atoms with Gasteiger partial charge in [-0.25, -0.2) is 9.97 Å². The largest absolute Gasteiger partial charge is 0.573 e. The van der Waals surface area contributed by atoms with E-state index < -0.39 is 18.0 Å². The number of anilines is 1. The molecule has 174 valence electrons. The second-order valence-electron chi connectivity index (χ2n) is 7.63. The fraction of sp³-hybridized carbons (Fsp3) is 0.350. The molecule has 4 rings (SSSR count). The normalized spacial score (nSPS) is 13.6. The van der Waals surface area contributed by atoms with Crippen molar-refractivity contribution in [3.05, 3.63) is 52.6 Å². The fourth-order valence-corrected chi connectivity index (χ4v) is 3.17. The minimum absolute atomic E-state index is 0.0558. The first-order chi connectivity index (χ1) is 15.6. The molecule has 1 saturated carbocycles. The first-order valence-electron chi connectivity index (χ1n) is 9.89. The van der Waals surface area contributed by atoms with Gasteiger partial charge in [0, 0.05) is 19.7 Å². The van der Waals surface area contributed by atoms with Gasteiger partial charge >= 0.3 is 6.36 Å². The van der Waals surface area contributed by atoms with E-state index >= 15 is 0 Å². The van der Waals surface area contributed by atoms with E-state index in [1.165, 1.54) is 23.1 Å². The van der Waals surface area contributed by atoms with E-state index in [0.29, 0.717) is 22.4 Å². The Bertz CT molecular complexity index is 1160. The summed E-state index contributed by atoms with van der Waals surface area (Å²) in [4.78, 5) is 27.1. The first-order valence-corrected chi connectivity index (χ1v) is 10.3. The van der Waals surface area contributed by atoms with Gasteiger partial charge in [-0.05, 0) is 42.5 Å². The molecule has 0 atom stereocenters. The number of nitrogens with zero attached hydrogens (tertiary/aromatic N) is 6. The molecule has 9 nitrogen and oxygen atoms in total. The zero-order valence-corrected chi connectivity index (χ0v) is 18.4. The van der Waals surface area contributed by atoms with Gasteiger partial charge in [0.25, 0.3) is 11.9 Å². The number of benzene rings is 1. The summed E-state index contributed by atoms with van der Waals surface area (Å²) in [5.74, 6) is -0.0111. The molecule has 0 saturated heterocycles. The summed E-state index contributed by atoms with van der Waals surface area (Å²) in [5, 5.41) is 7.34. The Labute approximate surface area is 191 Å². The van der Waals surface area contributed by atoms with Crippen molar-refractivity contribution in [3.8, 4) is 11.7 Å². The maximum Gasteiger partial charge on any atom is 0.573 e. The summed E-state index contributed by atoms with van der Waals surface area (Å²) in [6, 6.07) is 3.96. The second-order valence-corrected chi connectivity index (χ2v) is 8.07. The van der Waals surface area contributed by atoms with Gasteiger partial charge in [-0.1, -0.05) is 11.6 Å². The van der Waals surface area contributed by atoms with Gasteiger partial charge in [-0.15, -0.1) is 18.3 Å². The molecule has 1 amide bonds. The van der Waals surface area contributed by atoms with Crippen molar-refractivity contribution in [2.75, 3.05) is 19.0 Å². The highest BCUT2D eigenvalue weighted by atomic mass is 35.5. The Morgan fingerprint density at radius 2 is 1.94 bits per heavy atom. The van der Waals surface area contributed by atoms with Crippen LogP contribution in [0, 0.1) is 0 Å². The van der Waals surface area contributed by atoms with Crippen molar-refractivity contribution in [2.24, 2.45) is 0 Å². The smallest absolute Gasteiger partial charge is 0.406 e. The molecule has 1 aromatic carbocycles. The summed E-state index contributed by atoms with van der Waals surface area (Å²) in [7, 11) is 3.49. The number of aromatic nitrogens is 5. The average Bonchev–Trinajstić information content (AvgIpc) is 3.50. The quantitative estimate of drug-likeness (QED) is 0.551. The second kappa shape index (κ2) is 8.85. The Kier molecular flexibility index (Phi) is 6.11. The molecule has 0 spiro atoms. The molecule has 2 aromatic heterocycles. The van der Waals surface area contributed by atoms with E-state index in [1.807, 2.05) is 0 Å². The van der Waals surface area contributed by atoms with Crippen molar-refractivity contribution in [1.29, 1.82) is 0 Å². The lowest BCUT2D eigenvalue weighted by Gasteiger charge is -2.13. The van der Waals surface area contributed by atoms with Gasteiger partial charge in [0.05, 0.1) is 24.0 Å². The molecule has 1 N–H and O–H groups in total. The van der Waals surface area contributed by atoms with Crippen LogP contribution < -0.4 is 15.0 Å². The monoisotopic (exact) mass is 481 g/mol. The third-order valence-electron chi connectivity index (χ3n) is 4.74. The van der Waals surface area contributed by atoms with Crippen LogP contribution in [0.4, 0.5) is 19.1 Å². The molecule has 0 aliphatic heterocycles. The summed E-state index contributed by atoms with van der Waals surface area (Å²) in [6.45, 7) is -0.0746. The zero-order chi connectivity index (χ0) is 23.8. The van der Waals surface area contributed by atoms with Crippen LogP contribution in [-0.4, -0.2) is 51.1 Å². The van der Waals surface area contributed by atoms with Crippen LogP contribution in [0.1, 0.15) is 40.5 Å². The molecule has 2 heterocycles. The summed E-state index contributed by atoms with van der Waals surface area (Å²) < 4.78 is 43.6. The third-order valence-corrected chi connectivity index (χ3v) is 4.93. The van der Waals surface area contributed by atoms with Crippen LogP contribution in [0.5, 0.6) is 5.75 Å². The highest BCUT2D eigenvalue weighted by Gasteiger charge is 2.33. The molecule has 0 unspecified atom stereocenters. The molecule has 1 aliphatic carbocycles. The summed E-state index contributed by atoms with van der Waals surface area (Å²) >= 11 is 5.84. The van der Waals surface area contributed by atoms with Gasteiger partial charge < -0.3 is 15.0 Å². The van der Waals surface area contributed by atoms with Crippen LogP contribution in [0.25, 0.3) is 5.95 Å².